The highest BCUT2D eigenvalue weighted by molar-refractivity contribution is 9.10. The van der Waals surface area contributed by atoms with E-state index in [1.165, 1.54) is 19.2 Å². The van der Waals surface area contributed by atoms with Gasteiger partial charge in [0.1, 0.15) is 5.75 Å². The van der Waals surface area contributed by atoms with Crippen LogP contribution in [0.2, 0.25) is 5.02 Å². The molecule has 0 saturated carbocycles. The van der Waals surface area contributed by atoms with Crippen LogP contribution in [-0.2, 0) is 9.53 Å². The second-order valence-corrected chi connectivity index (χ2v) is 5.80. The Hall–Kier alpha value is -2.05. The van der Waals surface area contributed by atoms with Gasteiger partial charge in [-0.25, -0.2) is 4.79 Å². The molecule has 0 aliphatic rings. The first-order valence-corrected chi connectivity index (χ1v) is 7.73. The number of ether oxygens (including phenoxy) is 2. The quantitative estimate of drug-likeness (QED) is 0.776. The van der Waals surface area contributed by atoms with Gasteiger partial charge in [0.15, 0.2) is 6.61 Å². The van der Waals surface area contributed by atoms with Crippen LogP contribution in [0.15, 0.2) is 46.9 Å². The van der Waals surface area contributed by atoms with E-state index in [1.54, 1.807) is 18.2 Å². The fraction of sp³-hybridized carbons (Fsp3) is 0.125. The van der Waals surface area contributed by atoms with Crippen LogP contribution in [0, 0.1) is 0 Å². The van der Waals surface area contributed by atoms with Crippen molar-refractivity contribution < 1.29 is 19.1 Å². The fourth-order valence-electron chi connectivity index (χ4n) is 1.75. The molecule has 0 saturated heterocycles. The molecule has 0 aliphatic carbocycles. The maximum absolute atomic E-state index is 11.9. The molecule has 0 spiro atoms. The lowest BCUT2D eigenvalue weighted by atomic mass is 10.2. The number of amides is 1. The van der Waals surface area contributed by atoms with Gasteiger partial charge in [0.25, 0.3) is 5.91 Å². The van der Waals surface area contributed by atoms with Crippen molar-refractivity contribution in [3.05, 3.63) is 57.5 Å². The average Bonchev–Trinajstić information content (AvgIpc) is 2.55. The summed E-state index contributed by atoms with van der Waals surface area (Å²) in [6, 6.07) is 11.7. The molecule has 7 heteroatoms. The third-order valence-corrected chi connectivity index (χ3v) is 3.70. The number of anilines is 1. The smallest absolute Gasteiger partial charge is 0.339 e. The Balaban J connectivity index is 1.97. The molecule has 1 amide bonds. The average molecular weight is 399 g/mol. The van der Waals surface area contributed by atoms with Crippen LogP contribution in [0.3, 0.4) is 0 Å². The van der Waals surface area contributed by atoms with Gasteiger partial charge < -0.3 is 14.8 Å². The molecular formula is C16H13BrClNO4. The summed E-state index contributed by atoms with van der Waals surface area (Å²) in [5.41, 5.74) is 0.611. The Labute approximate surface area is 146 Å². The summed E-state index contributed by atoms with van der Waals surface area (Å²) in [5, 5.41) is 2.88. The topological polar surface area (TPSA) is 64.6 Å². The van der Waals surface area contributed by atoms with Crippen molar-refractivity contribution in [1.82, 2.24) is 0 Å². The molecule has 2 aromatic carbocycles. The van der Waals surface area contributed by atoms with Gasteiger partial charge in [-0.2, -0.15) is 0 Å². The molecule has 1 N–H and O–H groups in total. The van der Waals surface area contributed by atoms with Gasteiger partial charge in [-0.05, 0) is 42.5 Å². The van der Waals surface area contributed by atoms with Crippen LogP contribution < -0.4 is 10.1 Å². The first kappa shape index (κ1) is 17.3. The van der Waals surface area contributed by atoms with Crippen molar-refractivity contribution >= 4 is 45.1 Å². The van der Waals surface area contributed by atoms with Crippen molar-refractivity contribution in [3.63, 3.8) is 0 Å². The molecule has 2 rings (SSSR count). The van der Waals surface area contributed by atoms with Crippen molar-refractivity contribution in [2.24, 2.45) is 0 Å². The Morgan fingerprint density at radius 2 is 1.87 bits per heavy atom. The third-order valence-electron chi connectivity index (χ3n) is 2.84. The number of halogens is 2. The lowest BCUT2D eigenvalue weighted by molar-refractivity contribution is -0.118. The predicted molar refractivity (Wildman–Crippen MR) is 91.1 cm³/mol. The summed E-state index contributed by atoms with van der Waals surface area (Å²) >= 11 is 9.23. The first-order valence-electron chi connectivity index (χ1n) is 6.55. The van der Waals surface area contributed by atoms with Gasteiger partial charge in [-0.3, -0.25) is 4.79 Å². The fourth-order valence-corrected chi connectivity index (χ4v) is 2.21. The summed E-state index contributed by atoms with van der Waals surface area (Å²) in [7, 11) is 1.26. The first-order chi connectivity index (χ1) is 11.0. The van der Waals surface area contributed by atoms with E-state index < -0.39 is 5.97 Å². The number of carbonyl (C=O) groups excluding carboxylic acids is 2. The molecule has 0 fully saturated rings. The molecule has 5 nitrogen and oxygen atoms in total. The SMILES string of the molecule is COC(=O)c1cc(NC(=O)COc2ccc(Br)cc2)ccc1Cl. The molecular weight excluding hydrogens is 386 g/mol. The van der Waals surface area contributed by atoms with E-state index in [0.717, 1.165) is 4.47 Å². The van der Waals surface area contributed by atoms with E-state index in [4.69, 9.17) is 16.3 Å². The number of methoxy groups -OCH3 is 1. The lowest BCUT2D eigenvalue weighted by Gasteiger charge is -2.09. The van der Waals surface area contributed by atoms with Gasteiger partial charge >= 0.3 is 5.97 Å². The number of esters is 1. The summed E-state index contributed by atoms with van der Waals surface area (Å²) in [6.45, 7) is -0.155. The van der Waals surface area contributed by atoms with E-state index in [2.05, 4.69) is 26.0 Å². The zero-order chi connectivity index (χ0) is 16.8. The number of nitrogens with one attached hydrogen (secondary N) is 1. The van der Waals surface area contributed by atoms with Crippen LogP contribution in [0.5, 0.6) is 5.75 Å². The second kappa shape index (κ2) is 7.99. The highest BCUT2D eigenvalue weighted by Crippen LogP contribution is 2.21. The van der Waals surface area contributed by atoms with Crippen molar-refractivity contribution in [2.45, 2.75) is 0 Å². The maximum atomic E-state index is 11.9. The standard InChI is InChI=1S/C16H13BrClNO4/c1-22-16(21)13-8-11(4-7-14(13)18)19-15(20)9-23-12-5-2-10(17)3-6-12/h2-8H,9H2,1H3,(H,19,20). The minimum Gasteiger partial charge on any atom is -0.484 e. The lowest BCUT2D eigenvalue weighted by Crippen LogP contribution is -2.20. The van der Waals surface area contributed by atoms with Crippen molar-refractivity contribution in [1.29, 1.82) is 0 Å². The molecule has 0 heterocycles. The molecule has 0 aromatic heterocycles. The molecule has 23 heavy (non-hydrogen) atoms. The van der Waals surface area contributed by atoms with Gasteiger partial charge in [-0.1, -0.05) is 27.5 Å². The minimum absolute atomic E-state index is 0.155. The van der Waals surface area contributed by atoms with E-state index in [0.29, 0.717) is 11.4 Å². The summed E-state index contributed by atoms with van der Waals surface area (Å²) < 4.78 is 10.9. The number of hydrogen-bond acceptors (Lipinski definition) is 4. The van der Waals surface area contributed by atoms with Crippen molar-refractivity contribution in [3.8, 4) is 5.75 Å². The largest absolute Gasteiger partial charge is 0.484 e. The number of benzene rings is 2. The Morgan fingerprint density at radius 1 is 1.17 bits per heavy atom. The molecule has 2 aromatic rings. The van der Waals surface area contributed by atoms with Crippen molar-refractivity contribution in [2.75, 3.05) is 19.0 Å². The molecule has 120 valence electrons. The van der Waals surface area contributed by atoms with Crippen LogP contribution in [-0.4, -0.2) is 25.6 Å². The molecule has 0 bridgehead atoms. The van der Waals surface area contributed by atoms with Gasteiger partial charge in [0.05, 0.1) is 17.7 Å². The van der Waals surface area contributed by atoms with Crippen LogP contribution >= 0.6 is 27.5 Å². The summed E-state index contributed by atoms with van der Waals surface area (Å²) in [6.07, 6.45) is 0. The molecule has 0 aliphatic heterocycles. The Kier molecular flexibility index (Phi) is 6.01. The van der Waals surface area contributed by atoms with E-state index in [-0.39, 0.29) is 23.1 Å². The summed E-state index contributed by atoms with van der Waals surface area (Å²) in [4.78, 5) is 23.5. The van der Waals surface area contributed by atoms with Crippen LogP contribution in [0.1, 0.15) is 10.4 Å². The van der Waals surface area contributed by atoms with E-state index >= 15 is 0 Å². The number of carbonyl (C=O) groups is 2. The number of hydrogen-bond donors (Lipinski definition) is 1. The van der Waals surface area contributed by atoms with Gasteiger partial charge in [0, 0.05) is 10.2 Å². The number of rotatable bonds is 5. The highest BCUT2D eigenvalue weighted by Gasteiger charge is 2.12. The maximum Gasteiger partial charge on any atom is 0.339 e. The van der Waals surface area contributed by atoms with Crippen LogP contribution in [0.4, 0.5) is 5.69 Å². The zero-order valence-corrected chi connectivity index (χ0v) is 14.5. The van der Waals surface area contributed by atoms with Gasteiger partial charge in [-0.15, -0.1) is 0 Å². The third kappa shape index (κ3) is 4.97. The Morgan fingerprint density at radius 3 is 2.52 bits per heavy atom. The highest BCUT2D eigenvalue weighted by atomic mass is 79.9. The normalized spacial score (nSPS) is 10.0. The second-order valence-electron chi connectivity index (χ2n) is 4.48. The monoisotopic (exact) mass is 397 g/mol. The Bertz CT molecular complexity index is 719. The van der Waals surface area contributed by atoms with Gasteiger partial charge in [0.2, 0.25) is 0 Å². The minimum atomic E-state index is -0.572. The molecule has 0 atom stereocenters. The van der Waals surface area contributed by atoms with Crippen LogP contribution in [0.25, 0.3) is 0 Å². The van der Waals surface area contributed by atoms with E-state index in [9.17, 15) is 9.59 Å². The zero-order valence-electron chi connectivity index (χ0n) is 12.1. The predicted octanol–water partition coefficient (Wildman–Crippen LogP) is 3.91. The molecule has 0 unspecified atom stereocenters. The van der Waals surface area contributed by atoms with E-state index in [1.807, 2.05) is 12.1 Å². The molecule has 0 radical (unpaired) electrons. The summed E-state index contributed by atoms with van der Waals surface area (Å²) in [5.74, 6) is -0.349.